The molecule has 0 bridgehead atoms. The van der Waals surface area contributed by atoms with Crippen LogP contribution in [0.5, 0.6) is 0 Å². The lowest BCUT2D eigenvalue weighted by molar-refractivity contribution is -0.131. The Bertz CT molecular complexity index is 415. The van der Waals surface area contributed by atoms with E-state index in [0.717, 1.165) is 12.2 Å². The monoisotopic (exact) mass is 207 g/mol. The smallest absolute Gasteiger partial charge is 0.328 e. The number of amides is 1. The van der Waals surface area contributed by atoms with Crippen LogP contribution in [0, 0.1) is 6.92 Å². The molecule has 0 aliphatic rings. The van der Waals surface area contributed by atoms with Crippen LogP contribution in [0.2, 0.25) is 0 Å². The summed E-state index contributed by atoms with van der Waals surface area (Å²) in [5, 5.41) is 10.6. The molecule has 1 amide bonds. The van der Waals surface area contributed by atoms with Crippen LogP contribution in [0.15, 0.2) is 24.4 Å². The number of nitrogens with one attached hydrogen (secondary N) is 1. The highest BCUT2D eigenvalue weighted by molar-refractivity contribution is 6.01. The van der Waals surface area contributed by atoms with Gasteiger partial charge in [-0.3, -0.25) is 10.1 Å². The van der Waals surface area contributed by atoms with E-state index in [-0.39, 0.29) is 5.95 Å². The minimum atomic E-state index is -1.18. The van der Waals surface area contributed by atoms with Gasteiger partial charge in [0.25, 0.3) is 5.91 Å². The number of aromatic nitrogens is 2. The summed E-state index contributed by atoms with van der Waals surface area (Å²) < 4.78 is 0. The summed E-state index contributed by atoms with van der Waals surface area (Å²) in [6, 6.07) is 1.68. The zero-order valence-electron chi connectivity index (χ0n) is 7.97. The quantitative estimate of drug-likeness (QED) is 0.698. The van der Waals surface area contributed by atoms with Crippen LogP contribution in [0.1, 0.15) is 5.69 Å². The Hall–Kier alpha value is -2.24. The highest BCUT2D eigenvalue weighted by Gasteiger charge is 2.00. The van der Waals surface area contributed by atoms with E-state index in [9.17, 15) is 9.59 Å². The van der Waals surface area contributed by atoms with Crippen molar-refractivity contribution in [1.82, 2.24) is 9.97 Å². The van der Waals surface area contributed by atoms with Crippen molar-refractivity contribution >= 4 is 17.8 Å². The van der Waals surface area contributed by atoms with Crippen molar-refractivity contribution in [3.8, 4) is 0 Å². The SMILES string of the molecule is Cc1ccnc(NC(=O)/C=C\C(=O)O)n1. The average Bonchev–Trinajstić information content (AvgIpc) is 2.15. The Morgan fingerprint density at radius 1 is 1.47 bits per heavy atom. The van der Waals surface area contributed by atoms with Crippen molar-refractivity contribution in [3.63, 3.8) is 0 Å². The molecule has 2 N–H and O–H groups in total. The second kappa shape index (κ2) is 4.85. The highest BCUT2D eigenvalue weighted by Crippen LogP contribution is 1.98. The molecule has 0 unspecified atom stereocenters. The predicted octanol–water partition coefficient (Wildman–Crippen LogP) is 0.364. The number of carbonyl (C=O) groups is 2. The number of aryl methyl sites for hydroxylation is 1. The third-order valence-corrected chi connectivity index (χ3v) is 1.41. The molecule has 6 heteroatoms. The molecule has 6 nitrogen and oxygen atoms in total. The minimum Gasteiger partial charge on any atom is -0.478 e. The van der Waals surface area contributed by atoms with Gasteiger partial charge in [-0.1, -0.05) is 0 Å². The maximum Gasteiger partial charge on any atom is 0.328 e. The van der Waals surface area contributed by atoms with Crippen LogP contribution < -0.4 is 5.32 Å². The first-order valence-electron chi connectivity index (χ1n) is 4.09. The van der Waals surface area contributed by atoms with Gasteiger partial charge in [-0.15, -0.1) is 0 Å². The van der Waals surface area contributed by atoms with E-state index >= 15 is 0 Å². The lowest BCUT2D eigenvalue weighted by Gasteiger charge is -1.99. The number of carbonyl (C=O) groups excluding carboxylic acids is 1. The second-order valence-corrected chi connectivity index (χ2v) is 2.68. The summed E-state index contributed by atoms with van der Waals surface area (Å²) in [6.45, 7) is 1.75. The standard InChI is InChI=1S/C9H9N3O3/c1-6-4-5-10-9(11-6)12-7(13)2-3-8(14)15/h2-5H,1H3,(H,14,15)(H,10,11,12,13)/b3-2-. The van der Waals surface area contributed by atoms with Crippen LogP contribution in [0.3, 0.4) is 0 Å². The number of nitrogens with zero attached hydrogens (tertiary/aromatic N) is 2. The van der Waals surface area contributed by atoms with Crippen molar-refractivity contribution in [3.05, 3.63) is 30.1 Å². The van der Waals surface area contributed by atoms with Gasteiger partial charge in [0, 0.05) is 24.0 Å². The van der Waals surface area contributed by atoms with Crippen LogP contribution in [0.4, 0.5) is 5.95 Å². The molecule has 1 heterocycles. The van der Waals surface area contributed by atoms with E-state index in [0.29, 0.717) is 5.69 Å². The Labute approximate surface area is 85.7 Å². The van der Waals surface area contributed by atoms with Gasteiger partial charge < -0.3 is 5.11 Å². The fraction of sp³-hybridized carbons (Fsp3) is 0.111. The molecule has 1 aromatic heterocycles. The maximum atomic E-state index is 11.1. The van der Waals surface area contributed by atoms with E-state index in [1.165, 1.54) is 6.20 Å². The molecule has 0 aliphatic heterocycles. The van der Waals surface area contributed by atoms with Gasteiger partial charge in [0.15, 0.2) is 0 Å². The van der Waals surface area contributed by atoms with E-state index in [4.69, 9.17) is 5.11 Å². The summed E-state index contributed by atoms with van der Waals surface area (Å²) in [5.74, 6) is -1.62. The summed E-state index contributed by atoms with van der Waals surface area (Å²) in [7, 11) is 0. The summed E-state index contributed by atoms with van der Waals surface area (Å²) in [6.07, 6.45) is 3.14. The zero-order chi connectivity index (χ0) is 11.3. The fourth-order valence-electron chi connectivity index (χ4n) is 0.808. The number of hydrogen-bond acceptors (Lipinski definition) is 4. The van der Waals surface area contributed by atoms with Crippen LogP contribution >= 0.6 is 0 Å². The van der Waals surface area contributed by atoms with Gasteiger partial charge in [0.05, 0.1) is 0 Å². The van der Waals surface area contributed by atoms with Crippen molar-refractivity contribution in [2.45, 2.75) is 6.92 Å². The van der Waals surface area contributed by atoms with E-state index in [1.807, 2.05) is 0 Å². The molecule has 1 rings (SSSR count). The Morgan fingerprint density at radius 3 is 2.80 bits per heavy atom. The Balaban J connectivity index is 2.63. The van der Waals surface area contributed by atoms with Gasteiger partial charge in [-0.25, -0.2) is 14.8 Å². The maximum absolute atomic E-state index is 11.1. The van der Waals surface area contributed by atoms with Crippen LogP contribution in [0.25, 0.3) is 0 Å². The van der Waals surface area contributed by atoms with Crippen LogP contribution in [-0.4, -0.2) is 27.0 Å². The van der Waals surface area contributed by atoms with Gasteiger partial charge in [-0.05, 0) is 13.0 Å². The average molecular weight is 207 g/mol. The molecule has 0 spiro atoms. The van der Waals surface area contributed by atoms with Gasteiger partial charge in [-0.2, -0.15) is 0 Å². The fourth-order valence-corrected chi connectivity index (χ4v) is 0.808. The van der Waals surface area contributed by atoms with Crippen LogP contribution in [-0.2, 0) is 9.59 Å². The number of hydrogen-bond donors (Lipinski definition) is 2. The summed E-state index contributed by atoms with van der Waals surface area (Å²) in [4.78, 5) is 28.9. The van der Waals surface area contributed by atoms with Gasteiger partial charge in [0.1, 0.15) is 0 Å². The molecule has 0 fully saturated rings. The normalized spacial score (nSPS) is 10.2. The number of carboxylic acid groups (broad SMARTS) is 1. The minimum absolute atomic E-state index is 0.148. The molecule has 15 heavy (non-hydrogen) atoms. The predicted molar refractivity (Wildman–Crippen MR) is 52.2 cm³/mol. The van der Waals surface area contributed by atoms with E-state index in [1.54, 1.807) is 13.0 Å². The van der Waals surface area contributed by atoms with Gasteiger partial charge >= 0.3 is 5.97 Å². The number of aliphatic carboxylic acids is 1. The topological polar surface area (TPSA) is 92.2 Å². The molecule has 0 aliphatic carbocycles. The molecular formula is C9H9N3O3. The van der Waals surface area contributed by atoms with E-state index < -0.39 is 11.9 Å². The molecular weight excluding hydrogens is 198 g/mol. The first kappa shape index (κ1) is 10.8. The molecule has 78 valence electrons. The summed E-state index contributed by atoms with van der Waals surface area (Å²) >= 11 is 0. The largest absolute Gasteiger partial charge is 0.478 e. The highest BCUT2D eigenvalue weighted by atomic mass is 16.4. The Morgan fingerprint density at radius 2 is 2.20 bits per heavy atom. The Kier molecular flexibility index (Phi) is 3.50. The number of anilines is 1. The summed E-state index contributed by atoms with van der Waals surface area (Å²) in [5.41, 5.74) is 0.711. The first-order chi connectivity index (χ1) is 7.08. The molecule has 0 radical (unpaired) electrons. The molecule has 0 saturated heterocycles. The van der Waals surface area contributed by atoms with Crippen molar-refractivity contribution in [1.29, 1.82) is 0 Å². The first-order valence-corrected chi connectivity index (χ1v) is 4.09. The lowest BCUT2D eigenvalue weighted by Crippen LogP contribution is -2.11. The number of carboxylic acids is 1. The molecule has 1 aromatic rings. The van der Waals surface area contributed by atoms with Crippen molar-refractivity contribution in [2.24, 2.45) is 0 Å². The second-order valence-electron chi connectivity index (χ2n) is 2.68. The van der Waals surface area contributed by atoms with E-state index in [2.05, 4.69) is 15.3 Å². The zero-order valence-corrected chi connectivity index (χ0v) is 7.97. The van der Waals surface area contributed by atoms with Crippen molar-refractivity contribution < 1.29 is 14.7 Å². The number of rotatable bonds is 3. The molecule has 0 saturated carbocycles. The molecule has 0 aromatic carbocycles. The third-order valence-electron chi connectivity index (χ3n) is 1.41. The van der Waals surface area contributed by atoms with Gasteiger partial charge in [0.2, 0.25) is 5.95 Å². The third kappa shape index (κ3) is 3.99. The van der Waals surface area contributed by atoms with Crippen molar-refractivity contribution in [2.75, 3.05) is 5.32 Å². The molecule has 0 atom stereocenters. The lowest BCUT2D eigenvalue weighted by atomic mass is 10.4.